The van der Waals surface area contributed by atoms with Crippen molar-refractivity contribution in [2.24, 2.45) is 0 Å². The Hall–Kier alpha value is -1.92. The minimum Gasteiger partial charge on any atom is -0.481 e. The van der Waals surface area contributed by atoms with Gasteiger partial charge >= 0.3 is 5.97 Å². The second kappa shape index (κ2) is 6.68. The average Bonchev–Trinajstić information content (AvgIpc) is 2.97. The molecule has 4 nitrogen and oxygen atoms in total. The number of carboxylic acids is 1. The van der Waals surface area contributed by atoms with Crippen LogP contribution in [0, 0.1) is 0 Å². The van der Waals surface area contributed by atoms with E-state index in [0.717, 1.165) is 25.7 Å². The number of aromatic nitrogens is 2. The molecular formula is C17H16N2O2S2. The van der Waals surface area contributed by atoms with E-state index < -0.39 is 5.97 Å². The first-order valence-electron chi connectivity index (χ1n) is 7.24. The van der Waals surface area contributed by atoms with Crippen LogP contribution in [0.15, 0.2) is 41.7 Å². The standard InChI is InChI=1S/C17H16N2O2S2/c1-10(2)11-3-5-12(6-4-11)14-7-13-16(23-14)17(19-9-18-13)22-8-15(20)21/h3-7,9-10H,8H2,1-2H3,(H,20,21). The lowest BCUT2D eigenvalue weighted by Gasteiger charge is -2.05. The van der Waals surface area contributed by atoms with Gasteiger partial charge in [0, 0.05) is 4.88 Å². The fraction of sp³-hybridized carbons (Fsp3) is 0.235. The quantitative estimate of drug-likeness (QED) is 0.539. The van der Waals surface area contributed by atoms with Gasteiger partial charge < -0.3 is 5.11 Å². The number of nitrogens with zero attached hydrogens (tertiary/aromatic N) is 2. The Kier molecular flexibility index (Phi) is 4.63. The third kappa shape index (κ3) is 3.54. The molecule has 0 aliphatic heterocycles. The molecule has 0 radical (unpaired) electrons. The molecule has 1 N–H and O–H groups in total. The molecule has 0 saturated carbocycles. The van der Waals surface area contributed by atoms with E-state index in [4.69, 9.17) is 5.11 Å². The normalized spacial score (nSPS) is 11.3. The lowest BCUT2D eigenvalue weighted by atomic mass is 10.0. The van der Waals surface area contributed by atoms with Gasteiger partial charge in [0.15, 0.2) is 0 Å². The average molecular weight is 344 g/mol. The van der Waals surface area contributed by atoms with Crippen molar-refractivity contribution in [3.05, 3.63) is 42.2 Å². The molecule has 0 spiro atoms. The Balaban J connectivity index is 1.96. The first-order chi connectivity index (χ1) is 11.0. The van der Waals surface area contributed by atoms with E-state index >= 15 is 0 Å². The van der Waals surface area contributed by atoms with E-state index in [1.807, 2.05) is 6.07 Å². The largest absolute Gasteiger partial charge is 0.481 e. The summed E-state index contributed by atoms with van der Waals surface area (Å²) in [4.78, 5) is 20.4. The Bertz CT molecular complexity index is 841. The highest BCUT2D eigenvalue weighted by Crippen LogP contribution is 2.37. The number of carbonyl (C=O) groups is 1. The number of carboxylic acid groups (broad SMARTS) is 1. The number of hydrogen-bond acceptors (Lipinski definition) is 5. The lowest BCUT2D eigenvalue weighted by Crippen LogP contribution is -1.98. The van der Waals surface area contributed by atoms with Crippen LogP contribution in [0.5, 0.6) is 0 Å². The van der Waals surface area contributed by atoms with Crippen LogP contribution in [0.4, 0.5) is 0 Å². The van der Waals surface area contributed by atoms with Crippen LogP contribution in [-0.4, -0.2) is 26.8 Å². The molecule has 0 aliphatic carbocycles. The fourth-order valence-electron chi connectivity index (χ4n) is 2.24. The van der Waals surface area contributed by atoms with Gasteiger partial charge in [0.2, 0.25) is 0 Å². The smallest absolute Gasteiger partial charge is 0.313 e. The number of benzene rings is 1. The van der Waals surface area contributed by atoms with Gasteiger partial charge in [-0.1, -0.05) is 49.9 Å². The Morgan fingerprint density at radius 1 is 1.26 bits per heavy atom. The third-order valence-corrected chi connectivity index (χ3v) is 5.76. The Morgan fingerprint density at radius 2 is 2.00 bits per heavy atom. The first-order valence-corrected chi connectivity index (χ1v) is 9.04. The maximum Gasteiger partial charge on any atom is 0.313 e. The molecule has 0 atom stereocenters. The monoisotopic (exact) mass is 344 g/mol. The molecule has 0 bridgehead atoms. The van der Waals surface area contributed by atoms with Crippen LogP contribution in [0.25, 0.3) is 20.7 Å². The predicted molar refractivity (Wildman–Crippen MR) is 95.3 cm³/mol. The summed E-state index contributed by atoms with van der Waals surface area (Å²) in [6.45, 7) is 4.35. The number of rotatable bonds is 5. The van der Waals surface area contributed by atoms with E-state index in [2.05, 4.69) is 48.1 Å². The zero-order chi connectivity index (χ0) is 16.4. The number of thiophene rings is 1. The van der Waals surface area contributed by atoms with Crippen molar-refractivity contribution in [2.45, 2.75) is 24.8 Å². The van der Waals surface area contributed by atoms with Crippen LogP contribution < -0.4 is 0 Å². The van der Waals surface area contributed by atoms with E-state index in [1.165, 1.54) is 23.7 Å². The number of thioether (sulfide) groups is 1. The molecule has 2 aromatic heterocycles. The highest BCUT2D eigenvalue weighted by Gasteiger charge is 2.12. The summed E-state index contributed by atoms with van der Waals surface area (Å²) in [6.07, 6.45) is 1.49. The number of fused-ring (bicyclic) bond motifs is 1. The molecule has 0 unspecified atom stereocenters. The van der Waals surface area contributed by atoms with Crippen molar-refractivity contribution in [1.82, 2.24) is 9.97 Å². The molecule has 118 valence electrons. The van der Waals surface area contributed by atoms with Crippen molar-refractivity contribution in [2.75, 3.05) is 5.75 Å². The molecule has 3 rings (SSSR count). The molecule has 6 heteroatoms. The molecule has 0 aliphatic rings. The maximum atomic E-state index is 10.8. The Labute approximate surface area is 142 Å². The van der Waals surface area contributed by atoms with E-state index in [0.29, 0.717) is 5.92 Å². The number of hydrogen-bond donors (Lipinski definition) is 1. The molecule has 0 amide bonds. The SMILES string of the molecule is CC(C)c1ccc(-c2cc3ncnc(SCC(=O)O)c3s2)cc1. The third-order valence-electron chi connectivity index (χ3n) is 3.47. The van der Waals surface area contributed by atoms with Crippen LogP contribution in [0.1, 0.15) is 25.3 Å². The van der Waals surface area contributed by atoms with Crippen molar-refractivity contribution >= 4 is 39.3 Å². The van der Waals surface area contributed by atoms with Crippen molar-refractivity contribution in [3.63, 3.8) is 0 Å². The van der Waals surface area contributed by atoms with Gasteiger partial charge in [0.1, 0.15) is 11.4 Å². The predicted octanol–water partition coefficient (Wildman–Crippen LogP) is 4.66. The minimum absolute atomic E-state index is 0.00241. The zero-order valence-electron chi connectivity index (χ0n) is 12.8. The molecule has 23 heavy (non-hydrogen) atoms. The van der Waals surface area contributed by atoms with Gasteiger partial charge in [-0.2, -0.15) is 0 Å². The van der Waals surface area contributed by atoms with Crippen LogP contribution >= 0.6 is 23.1 Å². The molecule has 3 aromatic rings. The first kappa shape index (κ1) is 16.0. The lowest BCUT2D eigenvalue weighted by molar-refractivity contribution is -0.133. The van der Waals surface area contributed by atoms with Crippen molar-refractivity contribution in [3.8, 4) is 10.4 Å². The van der Waals surface area contributed by atoms with Gasteiger partial charge in [0.05, 0.1) is 16.0 Å². The van der Waals surface area contributed by atoms with Crippen molar-refractivity contribution < 1.29 is 9.90 Å². The molecule has 0 fully saturated rings. The van der Waals surface area contributed by atoms with Crippen molar-refractivity contribution in [1.29, 1.82) is 0 Å². The highest BCUT2D eigenvalue weighted by molar-refractivity contribution is 8.00. The summed E-state index contributed by atoms with van der Waals surface area (Å²) in [5, 5.41) is 9.57. The highest BCUT2D eigenvalue weighted by atomic mass is 32.2. The van der Waals surface area contributed by atoms with Crippen LogP contribution in [-0.2, 0) is 4.79 Å². The fourth-order valence-corrected chi connectivity index (χ4v) is 4.16. The zero-order valence-corrected chi connectivity index (χ0v) is 14.4. The van der Waals surface area contributed by atoms with Gasteiger partial charge in [-0.15, -0.1) is 11.3 Å². The summed E-state index contributed by atoms with van der Waals surface area (Å²) >= 11 is 2.84. The summed E-state index contributed by atoms with van der Waals surface area (Å²) in [7, 11) is 0. The molecule has 1 aromatic carbocycles. The van der Waals surface area contributed by atoms with E-state index in [9.17, 15) is 4.79 Å². The van der Waals surface area contributed by atoms with E-state index in [1.54, 1.807) is 11.3 Å². The summed E-state index contributed by atoms with van der Waals surface area (Å²) in [5.74, 6) is -0.332. The second-order valence-corrected chi connectivity index (χ2v) is 7.48. The summed E-state index contributed by atoms with van der Waals surface area (Å²) < 4.78 is 0.946. The van der Waals surface area contributed by atoms with E-state index in [-0.39, 0.29) is 5.75 Å². The van der Waals surface area contributed by atoms with Crippen LogP contribution in [0.3, 0.4) is 0 Å². The topological polar surface area (TPSA) is 63.1 Å². The second-order valence-electron chi connectivity index (χ2n) is 5.46. The summed E-state index contributed by atoms with van der Waals surface area (Å²) in [5.41, 5.74) is 3.32. The maximum absolute atomic E-state index is 10.8. The molecule has 2 heterocycles. The number of aliphatic carboxylic acids is 1. The molecular weight excluding hydrogens is 328 g/mol. The van der Waals surface area contributed by atoms with Crippen LogP contribution in [0.2, 0.25) is 0 Å². The minimum atomic E-state index is -0.845. The van der Waals surface area contributed by atoms with Gasteiger partial charge in [-0.05, 0) is 23.1 Å². The summed E-state index contributed by atoms with van der Waals surface area (Å²) in [6, 6.07) is 10.6. The van der Waals surface area contributed by atoms with Gasteiger partial charge in [-0.3, -0.25) is 4.79 Å². The Morgan fingerprint density at radius 3 is 2.65 bits per heavy atom. The van der Waals surface area contributed by atoms with Gasteiger partial charge in [-0.25, -0.2) is 9.97 Å². The van der Waals surface area contributed by atoms with Gasteiger partial charge in [0.25, 0.3) is 0 Å². The molecule has 0 saturated heterocycles.